The summed E-state index contributed by atoms with van der Waals surface area (Å²) in [5, 5.41) is 4.19. The molecule has 2 aromatic heterocycles. The van der Waals surface area contributed by atoms with Gasteiger partial charge in [0.05, 0.1) is 23.7 Å². The largest absolute Gasteiger partial charge is 0.465 e. The molecule has 2 atom stereocenters. The fourth-order valence-electron chi connectivity index (χ4n) is 4.30. The third-order valence-electron chi connectivity index (χ3n) is 5.73. The van der Waals surface area contributed by atoms with Gasteiger partial charge in [-0.3, -0.25) is 0 Å². The Kier molecular flexibility index (Phi) is 5.64. The van der Waals surface area contributed by atoms with Gasteiger partial charge in [-0.05, 0) is 49.8 Å². The summed E-state index contributed by atoms with van der Waals surface area (Å²) >= 11 is 1.54. The lowest BCUT2D eigenvalue weighted by atomic mass is 9.92. The molecule has 3 aromatic rings. The molecule has 1 fully saturated rings. The number of thiophene rings is 1. The van der Waals surface area contributed by atoms with Crippen LogP contribution in [-0.2, 0) is 4.74 Å². The van der Waals surface area contributed by atoms with Crippen LogP contribution in [0.25, 0.3) is 11.0 Å². The maximum atomic E-state index is 12.4. The van der Waals surface area contributed by atoms with Crippen molar-refractivity contribution in [1.29, 1.82) is 0 Å². The number of rotatable bonds is 4. The molecule has 3 heterocycles. The topological polar surface area (TPSA) is 67.3 Å². The number of anilines is 3. The number of piperidine rings is 1. The Morgan fingerprint density at radius 2 is 1.77 bits per heavy atom. The van der Waals surface area contributed by atoms with Crippen LogP contribution in [0.2, 0.25) is 0 Å². The quantitative estimate of drug-likeness (QED) is 0.572. The number of aryl methyl sites for hydroxylation is 1. The van der Waals surface area contributed by atoms with Crippen LogP contribution < -0.4 is 10.2 Å². The average Bonchev–Trinajstić information content (AvgIpc) is 2.99. The van der Waals surface area contributed by atoms with E-state index in [2.05, 4.69) is 24.1 Å². The number of nitrogens with one attached hydrogen (secondary N) is 1. The summed E-state index contributed by atoms with van der Waals surface area (Å²) in [6.45, 7) is 10.4. The van der Waals surface area contributed by atoms with Crippen LogP contribution in [0, 0.1) is 25.7 Å². The molecular formula is C23H28N4O2S. The van der Waals surface area contributed by atoms with Crippen LogP contribution in [0.5, 0.6) is 0 Å². The number of esters is 1. The van der Waals surface area contributed by atoms with Crippen LogP contribution in [0.1, 0.15) is 41.1 Å². The summed E-state index contributed by atoms with van der Waals surface area (Å²) in [4.78, 5) is 25.7. The Hall–Kier alpha value is -2.67. The van der Waals surface area contributed by atoms with E-state index in [1.165, 1.54) is 13.5 Å². The first-order valence-corrected chi connectivity index (χ1v) is 11.2. The maximum Gasteiger partial charge on any atom is 0.341 e. The lowest BCUT2D eigenvalue weighted by molar-refractivity contribution is 0.0601. The highest BCUT2D eigenvalue weighted by Gasteiger charge is 2.27. The Labute approximate surface area is 181 Å². The summed E-state index contributed by atoms with van der Waals surface area (Å²) in [6, 6.07) is 7.90. The van der Waals surface area contributed by atoms with Crippen LogP contribution in [-0.4, -0.2) is 36.1 Å². The number of carbonyl (C=O) groups excluding carboxylic acids is 1. The summed E-state index contributed by atoms with van der Waals surface area (Å²) in [5.74, 6) is 2.36. The van der Waals surface area contributed by atoms with Gasteiger partial charge in [0.25, 0.3) is 0 Å². The molecule has 0 saturated carbocycles. The van der Waals surface area contributed by atoms with Crippen LogP contribution in [0.15, 0.2) is 24.3 Å². The molecule has 1 saturated heterocycles. The van der Waals surface area contributed by atoms with Crippen molar-refractivity contribution in [2.24, 2.45) is 11.8 Å². The molecule has 0 amide bonds. The molecule has 4 rings (SSSR count). The second-order valence-corrected chi connectivity index (χ2v) is 9.56. The van der Waals surface area contributed by atoms with Crippen LogP contribution >= 0.6 is 11.3 Å². The number of carbonyl (C=O) groups is 1. The molecule has 1 N–H and O–H groups in total. The van der Waals surface area contributed by atoms with Crippen molar-refractivity contribution in [3.8, 4) is 0 Å². The van der Waals surface area contributed by atoms with E-state index in [1.807, 2.05) is 38.1 Å². The minimum atomic E-state index is -0.338. The van der Waals surface area contributed by atoms with Gasteiger partial charge in [-0.1, -0.05) is 26.0 Å². The van der Waals surface area contributed by atoms with Crippen molar-refractivity contribution >= 4 is 45.0 Å². The summed E-state index contributed by atoms with van der Waals surface area (Å²) < 4.78 is 5.04. The SMILES string of the molecule is COC(=O)c1c(Nc2nc3ccccc3nc2N2C[C@H](C)C[C@@H](C)C2)sc(C)c1C. The van der Waals surface area contributed by atoms with E-state index in [9.17, 15) is 4.79 Å². The standard InChI is InChI=1S/C23H28N4O2S/c1-13-10-14(2)12-27(11-13)21-20(24-17-8-6-7-9-18(17)25-21)26-22-19(23(28)29-5)15(3)16(4)30-22/h6-9,13-14H,10-12H2,1-5H3,(H,24,26)/t13-,14-/m1/s1. The second kappa shape index (κ2) is 8.22. The summed E-state index contributed by atoms with van der Waals surface area (Å²) in [7, 11) is 1.41. The predicted octanol–water partition coefficient (Wildman–Crippen LogP) is 5.32. The zero-order chi connectivity index (χ0) is 21.4. The van der Waals surface area contributed by atoms with E-state index in [0.29, 0.717) is 23.2 Å². The minimum Gasteiger partial charge on any atom is -0.465 e. The maximum absolute atomic E-state index is 12.4. The molecule has 1 aromatic carbocycles. The van der Waals surface area contributed by atoms with Crippen molar-refractivity contribution in [3.05, 3.63) is 40.3 Å². The van der Waals surface area contributed by atoms with E-state index < -0.39 is 0 Å². The summed E-state index contributed by atoms with van der Waals surface area (Å²) in [5.41, 5.74) is 3.20. The number of hydrogen-bond acceptors (Lipinski definition) is 7. The summed E-state index contributed by atoms with van der Waals surface area (Å²) in [6.07, 6.45) is 1.22. The molecule has 30 heavy (non-hydrogen) atoms. The number of para-hydroxylation sites is 2. The molecule has 0 aliphatic carbocycles. The molecule has 0 bridgehead atoms. The smallest absolute Gasteiger partial charge is 0.341 e. The lowest BCUT2D eigenvalue weighted by Crippen LogP contribution is -2.39. The van der Waals surface area contributed by atoms with Crippen LogP contribution in [0.3, 0.4) is 0 Å². The monoisotopic (exact) mass is 424 g/mol. The molecule has 1 aliphatic rings. The highest BCUT2D eigenvalue weighted by molar-refractivity contribution is 7.16. The number of nitrogens with zero attached hydrogens (tertiary/aromatic N) is 3. The molecule has 6 nitrogen and oxygen atoms in total. The first-order chi connectivity index (χ1) is 14.4. The van der Waals surface area contributed by atoms with E-state index in [-0.39, 0.29) is 5.97 Å². The molecular weight excluding hydrogens is 396 g/mol. The minimum absolute atomic E-state index is 0.338. The Morgan fingerprint density at radius 1 is 1.13 bits per heavy atom. The number of fused-ring (bicyclic) bond motifs is 1. The highest BCUT2D eigenvalue weighted by Crippen LogP contribution is 2.38. The normalized spacial score (nSPS) is 19.2. The van der Waals surface area contributed by atoms with Crippen molar-refractivity contribution in [2.75, 3.05) is 30.4 Å². The van der Waals surface area contributed by atoms with Gasteiger partial charge in [0.1, 0.15) is 5.00 Å². The molecule has 0 spiro atoms. The van der Waals surface area contributed by atoms with Gasteiger partial charge < -0.3 is 15.0 Å². The van der Waals surface area contributed by atoms with Gasteiger partial charge in [-0.25, -0.2) is 14.8 Å². The molecule has 1 aliphatic heterocycles. The fourth-order valence-corrected chi connectivity index (χ4v) is 5.35. The van der Waals surface area contributed by atoms with E-state index in [1.54, 1.807) is 11.3 Å². The molecule has 0 radical (unpaired) electrons. The van der Waals surface area contributed by atoms with Gasteiger partial charge in [-0.2, -0.15) is 0 Å². The second-order valence-electron chi connectivity index (χ2n) is 8.34. The van der Waals surface area contributed by atoms with Crippen molar-refractivity contribution in [3.63, 3.8) is 0 Å². The predicted molar refractivity (Wildman–Crippen MR) is 123 cm³/mol. The first-order valence-electron chi connectivity index (χ1n) is 10.3. The molecule has 7 heteroatoms. The third kappa shape index (κ3) is 3.86. The van der Waals surface area contributed by atoms with E-state index >= 15 is 0 Å². The van der Waals surface area contributed by atoms with Gasteiger partial charge in [0.15, 0.2) is 11.6 Å². The van der Waals surface area contributed by atoms with Gasteiger partial charge in [0, 0.05) is 18.0 Å². The van der Waals surface area contributed by atoms with Crippen molar-refractivity contribution < 1.29 is 9.53 Å². The lowest BCUT2D eigenvalue weighted by Gasteiger charge is -2.36. The van der Waals surface area contributed by atoms with Gasteiger partial charge in [-0.15, -0.1) is 11.3 Å². The van der Waals surface area contributed by atoms with Gasteiger partial charge >= 0.3 is 5.97 Å². The zero-order valence-corrected chi connectivity index (χ0v) is 19.0. The number of aromatic nitrogens is 2. The average molecular weight is 425 g/mol. The van der Waals surface area contributed by atoms with Gasteiger partial charge in [0.2, 0.25) is 0 Å². The van der Waals surface area contributed by atoms with Crippen molar-refractivity contribution in [2.45, 2.75) is 34.1 Å². The molecule has 158 valence electrons. The van der Waals surface area contributed by atoms with E-state index in [4.69, 9.17) is 14.7 Å². The Balaban J connectivity index is 1.82. The zero-order valence-electron chi connectivity index (χ0n) is 18.2. The third-order valence-corrected chi connectivity index (χ3v) is 6.85. The highest BCUT2D eigenvalue weighted by atomic mass is 32.1. The Morgan fingerprint density at radius 3 is 2.40 bits per heavy atom. The molecule has 0 unspecified atom stereocenters. The first kappa shape index (κ1) is 20.6. The fraction of sp³-hybridized carbons (Fsp3) is 0.435. The Bertz CT molecular complexity index is 1080. The number of hydrogen-bond donors (Lipinski definition) is 1. The van der Waals surface area contributed by atoms with E-state index in [0.717, 1.165) is 45.4 Å². The number of methoxy groups -OCH3 is 1. The number of benzene rings is 1. The van der Waals surface area contributed by atoms with Crippen molar-refractivity contribution in [1.82, 2.24) is 9.97 Å². The van der Waals surface area contributed by atoms with Crippen LogP contribution in [0.4, 0.5) is 16.6 Å². The number of ether oxygens (including phenoxy) is 1.